The number of benzene rings is 1. The van der Waals surface area contributed by atoms with Gasteiger partial charge in [0, 0.05) is 42.9 Å². The first-order valence-corrected chi connectivity index (χ1v) is 8.74. The molecule has 3 aromatic rings. The summed E-state index contributed by atoms with van der Waals surface area (Å²) >= 11 is 0. The molecule has 1 amide bonds. The van der Waals surface area contributed by atoms with E-state index >= 15 is 0 Å². The highest BCUT2D eigenvalue weighted by atomic mass is 16.5. The molecule has 1 aromatic carbocycles. The van der Waals surface area contributed by atoms with Crippen LogP contribution < -0.4 is 14.8 Å². The molecule has 1 atom stereocenters. The summed E-state index contributed by atoms with van der Waals surface area (Å²) in [5.74, 6) is 1.86. The lowest BCUT2D eigenvalue weighted by atomic mass is 9.86. The van der Waals surface area contributed by atoms with Crippen molar-refractivity contribution in [2.45, 2.75) is 18.9 Å². The van der Waals surface area contributed by atoms with Gasteiger partial charge in [-0.2, -0.15) is 5.10 Å². The fourth-order valence-electron chi connectivity index (χ4n) is 3.41. The summed E-state index contributed by atoms with van der Waals surface area (Å²) < 4.78 is 15.3. The number of carbonyl (C=O) groups is 1. The van der Waals surface area contributed by atoms with E-state index in [1.165, 1.54) is 0 Å². The maximum Gasteiger partial charge on any atom is 0.226 e. The number of aryl methyl sites for hydroxylation is 1. The highest BCUT2D eigenvalue weighted by Gasteiger charge is 2.32. The van der Waals surface area contributed by atoms with Crippen molar-refractivity contribution in [2.75, 3.05) is 19.0 Å². The van der Waals surface area contributed by atoms with Gasteiger partial charge in [0.25, 0.3) is 0 Å². The summed E-state index contributed by atoms with van der Waals surface area (Å²) in [7, 11) is 3.43. The van der Waals surface area contributed by atoms with Crippen molar-refractivity contribution in [1.82, 2.24) is 19.3 Å². The average molecular weight is 367 g/mol. The Balaban J connectivity index is 1.67. The van der Waals surface area contributed by atoms with Crippen LogP contribution in [0.1, 0.15) is 23.5 Å². The molecule has 1 aliphatic heterocycles. The molecule has 2 aromatic heterocycles. The van der Waals surface area contributed by atoms with Crippen molar-refractivity contribution in [3.05, 3.63) is 54.2 Å². The Hall–Kier alpha value is -3.29. The van der Waals surface area contributed by atoms with E-state index in [2.05, 4.69) is 15.4 Å². The van der Waals surface area contributed by atoms with Gasteiger partial charge < -0.3 is 19.4 Å². The predicted molar refractivity (Wildman–Crippen MR) is 99.0 cm³/mol. The van der Waals surface area contributed by atoms with Crippen molar-refractivity contribution in [3.8, 4) is 11.5 Å². The van der Waals surface area contributed by atoms with Crippen molar-refractivity contribution in [3.63, 3.8) is 0 Å². The van der Waals surface area contributed by atoms with E-state index < -0.39 is 0 Å². The number of rotatable bonds is 6. The summed E-state index contributed by atoms with van der Waals surface area (Å²) in [4.78, 5) is 16.3. The van der Waals surface area contributed by atoms with Crippen LogP contribution in [0.25, 0.3) is 0 Å². The number of aromatic nitrogens is 4. The molecule has 0 spiro atoms. The van der Waals surface area contributed by atoms with Gasteiger partial charge in [-0.15, -0.1) is 0 Å². The molecule has 140 valence electrons. The molecule has 0 radical (unpaired) electrons. The van der Waals surface area contributed by atoms with E-state index in [-0.39, 0.29) is 11.8 Å². The van der Waals surface area contributed by atoms with Gasteiger partial charge in [0.05, 0.1) is 26.2 Å². The van der Waals surface area contributed by atoms with Gasteiger partial charge >= 0.3 is 0 Å². The quantitative estimate of drug-likeness (QED) is 0.722. The lowest BCUT2D eigenvalue weighted by Crippen LogP contribution is -2.24. The molecule has 1 N–H and O–H groups in total. The first-order valence-electron chi connectivity index (χ1n) is 8.74. The minimum absolute atomic E-state index is 0.0386. The number of anilines is 1. The fourth-order valence-corrected chi connectivity index (χ4v) is 3.41. The van der Waals surface area contributed by atoms with Crippen LogP contribution in [-0.4, -0.2) is 39.0 Å². The van der Waals surface area contributed by atoms with Gasteiger partial charge in [0.1, 0.15) is 12.4 Å². The lowest BCUT2D eigenvalue weighted by Gasteiger charge is -2.25. The molecule has 27 heavy (non-hydrogen) atoms. The van der Waals surface area contributed by atoms with E-state index in [1.54, 1.807) is 30.5 Å². The Morgan fingerprint density at radius 2 is 2.22 bits per heavy atom. The van der Waals surface area contributed by atoms with Gasteiger partial charge in [-0.05, 0) is 6.07 Å². The second kappa shape index (κ2) is 7.14. The van der Waals surface area contributed by atoms with Crippen LogP contribution in [0.15, 0.2) is 43.1 Å². The number of hydrogen-bond acceptors (Lipinski definition) is 5. The van der Waals surface area contributed by atoms with Gasteiger partial charge in [-0.1, -0.05) is 12.1 Å². The highest BCUT2D eigenvalue weighted by Crippen LogP contribution is 2.43. The Bertz CT molecular complexity index is 948. The second-order valence-electron chi connectivity index (χ2n) is 6.40. The third kappa shape index (κ3) is 3.25. The van der Waals surface area contributed by atoms with E-state index in [0.29, 0.717) is 31.1 Å². The number of carbonyl (C=O) groups excluding carboxylic acids is 1. The first-order chi connectivity index (χ1) is 13.2. The summed E-state index contributed by atoms with van der Waals surface area (Å²) in [6.45, 7) is 1.13. The number of hydrogen-bond donors (Lipinski definition) is 1. The minimum atomic E-state index is -0.138. The van der Waals surface area contributed by atoms with Crippen molar-refractivity contribution in [1.29, 1.82) is 0 Å². The monoisotopic (exact) mass is 367 g/mol. The zero-order valence-corrected chi connectivity index (χ0v) is 15.3. The van der Waals surface area contributed by atoms with Crippen molar-refractivity contribution >= 4 is 11.7 Å². The summed E-state index contributed by atoms with van der Waals surface area (Å²) in [5, 5.41) is 7.19. The Kier molecular flexibility index (Phi) is 4.53. The number of nitrogens with one attached hydrogen (secondary N) is 1. The molecular weight excluding hydrogens is 346 g/mol. The molecule has 8 nitrogen and oxygen atoms in total. The molecule has 3 heterocycles. The summed E-state index contributed by atoms with van der Waals surface area (Å²) in [6, 6.07) is 5.76. The molecule has 0 fully saturated rings. The summed E-state index contributed by atoms with van der Waals surface area (Å²) in [5.41, 5.74) is 1.90. The lowest BCUT2D eigenvalue weighted by molar-refractivity contribution is -0.116. The highest BCUT2D eigenvalue weighted by molar-refractivity contribution is 5.94. The van der Waals surface area contributed by atoms with Crippen molar-refractivity contribution < 1.29 is 14.3 Å². The van der Waals surface area contributed by atoms with Crippen LogP contribution >= 0.6 is 0 Å². The van der Waals surface area contributed by atoms with Crippen LogP contribution in [0.4, 0.5) is 5.82 Å². The third-order valence-electron chi connectivity index (χ3n) is 4.75. The van der Waals surface area contributed by atoms with Gasteiger partial charge in [-0.3, -0.25) is 9.48 Å². The minimum Gasteiger partial charge on any atom is -0.493 e. The Labute approximate surface area is 156 Å². The number of amides is 1. The van der Waals surface area contributed by atoms with E-state index in [0.717, 1.165) is 16.9 Å². The zero-order chi connectivity index (χ0) is 18.8. The topological polar surface area (TPSA) is 83.2 Å². The number of nitrogens with zero attached hydrogens (tertiary/aromatic N) is 4. The number of ether oxygens (including phenoxy) is 2. The molecule has 4 rings (SSSR count). The molecule has 1 aliphatic rings. The number of fused-ring (bicyclic) bond motifs is 1. The smallest absolute Gasteiger partial charge is 0.226 e. The maximum atomic E-state index is 12.3. The van der Waals surface area contributed by atoms with Crippen LogP contribution in [0, 0.1) is 0 Å². The van der Waals surface area contributed by atoms with Crippen LogP contribution in [0.2, 0.25) is 0 Å². The number of imidazole rings is 1. The van der Waals surface area contributed by atoms with Crippen LogP contribution in [0.5, 0.6) is 11.5 Å². The first kappa shape index (κ1) is 17.1. The molecule has 0 bridgehead atoms. The molecule has 0 aliphatic carbocycles. The third-order valence-corrected chi connectivity index (χ3v) is 4.75. The van der Waals surface area contributed by atoms with Gasteiger partial charge in [0.2, 0.25) is 5.91 Å². The SMILES string of the molecule is COc1cccc(C2CC(=O)Nc3c2cnn3C)c1OCCn1ccnc1. The predicted octanol–water partition coefficient (Wildman–Crippen LogP) is 2.18. The molecule has 0 saturated heterocycles. The summed E-state index contributed by atoms with van der Waals surface area (Å²) in [6.07, 6.45) is 7.51. The Morgan fingerprint density at radius 1 is 1.33 bits per heavy atom. The van der Waals surface area contributed by atoms with Crippen LogP contribution in [0.3, 0.4) is 0 Å². The largest absolute Gasteiger partial charge is 0.493 e. The zero-order valence-electron chi connectivity index (χ0n) is 15.3. The van der Waals surface area contributed by atoms with Gasteiger partial charge in [0.15, 0.2) is 11.5 Å². The average Bonchev–Trinajstić information content (AvgIpc) is 3.32. The molecular formula is C19H21N5O3. The van der Waals surface area contributed by atoms with E-state index in [4.69, 9.17) is 9.47 Å². The second-order valence-corrected chi connectivity index (χ2v) is 6.40. The normalized spacial score (nSPS) is 15.9. The standard InChI is InChI=1S/C19H21N5O3/c1-23-19-15(11-21-23)14(10-17(25)22-19)13-4-3-5-16(26-2)18(13)27-9-8-24-7-6-20-12-24/h3-7,11-12,14H,8-10H2,1-2H3,(H,22,25). The molecule has 8 heteroatoms. The van der Waals surface area contributed by atoms with Gasteiger partial charge in [-0.25, -0.2) is 4.98 Å². The number of para-hydroxylation sites is 1. The van der Waals surface area contributed by atoms with E-state index in [9.17, 15) is 4.79 Å². The van der Waals surface area contributed by atoms with Crippen molar-refractivity contribution in [2.24, 2.45) is 7.05 Å². The maximum absolute atomic E-state index is 12.3. The Morgan fingerprint density at radius 3 is 3.00 bits per heavy atom. The van der Waals surface area contributed by atoms with Crippen LogP contribution in [-0.2, 0) is 18.4 Å². The van der Waals surface area contributed by atoms with E-state index in [1.807, 2.05) is 36.0 Å². The molecule has 0 saturated carbocycles. The molecule has 1 unspecified atom stereocenters. The fraction of sp³-hybridized carbons (Fsp3) is 0.316. The number of methoxy groups -OCH3 is 1.